The van der Waals surface area contributed by atoms with E-state index in [4.69, 9.17) is 11.6 Å². The van der Waals surface area contributed by atoms with E-state index in [1.807, 2.05) is 26.1 Å². The number of halogens is 1. The van der Waals surface area contributed by atoms with Crippen molar-refractivity contribution in [2.24, 2.45) is 7.05 Å². The zero-order valence-electron chi connectivity index (χ0n) is 12.8. The van der Waals surface area contributed by atoms with E-state index in [1.165, 1.54) is 11.8 Å². The topological polar surface area (TPSA) is 64.0 Å². The van der Waals surface area contributed by atoms with Crippen LogP contribution < -0.4 is 10.9 Å². The number of benzene rings is 1. The Morgan fingerprint density at radius 1 is 1.35 bits per heavy atom. The Kier molecular flexibility index (Phi) is 4.46. The average molecular weight is 350 g/mol. The standard InChI is InChI=1S/C16H16ClN3O2S/c1-3-23-16-19-15(22)13-11(9-4-6-10(17)7-5-9)8-12(21)18-14(13)20(16)2/h4-7,11H,3,8H2,1-2H3,(H,18,21)/t11-/m1/s1. The van der Waals surface area contributed by atoms with Crippen molar-refractivity contribution in [1.82, 2.24) is 9.55 Å². The number of rotatable bonds is 3. The lowest BCUT2D eigenvalue weighted by Crippen LogP contribution is -2.33. The predicted molar refractivity (Wildman–Crippen MR) is 92.4 cm³/mol. The maximum atomic E-state index is 12.6. The third-order valence-corrected chi connectivity index (χ3v) is 5.01. The molecule has 2 heterocycles. The highest BCUT2D eigenvalue weighted by atomic mass is 35.5. The normalized spacial score (nSPS) is 16.8. The molecule has 5 nitrogen and oxygen atoms in total. The van der Waals surface area contributed by atoms with Gasteiger partial charge in [0.15, 0.2) is 5.16 Å². The summed E-state index contributed by atoms with van der Waals surface area (Å²) in [6, 6.07) is 7.23. The van der Waals surface area contributed by atoms with Gasteiger partial charge in [-0.2, -0.15) is 4.98 Å². The molecule has 0 saturated carbocycles. The molecule has 2 aromatic rings. The molecular formula is C16H16ClN3O2S. The lowest BCUT2D eigenvalue weighted by Gasteiger charge is -2.27. The van der Waals surface area contributed by atoms with Gasteiger partial charge in [0.25, 0.3) is 5.56 Å². The molecule has 1 atom stereocenters. The molecule has 0 fully saturated rings. The molecular weight excluding hydrogens is 334 g/mol. The number of aromatic nitrogens is 2. The van der Waals surface area contributed by atoms with Crippen LogP contribution in [0.25, 0.3) is 0 Å². The van der Waals surface area contributed by atoms with E-state index >= 15 is 0 Å². The van der Waals surface area contributed by atoms with Gasteiger partial charge in [-0.05, 0) is 23.4 Å². The third-order valence-electron chi connectivity index (χ3n) is 3.85. The summed E-state index contributed by atoms with van der Waals surface area (Å²) >= 11 is 7.40. The first-order valence-electron chi connectivity index (χ1n) is 7.30. The van der Waals surface area contributed by atoms with Crippen LogP contribution in [0.3, 0.4) is 0 Å². The van der Waals surface area contributed by atoms with Gasteiger partial charge in [0.05, 0.1) is 5.56 Å². The number of anilines is 1. The molecule has 3 rings (SSSR count). The SMILES string of the molecule is CCSc1nc(=O)c2c(n1C)NC(=O)C[C@@H]2c1ccc(Cl)cc1. The Morgan fingerprint density at radius 3 is 2.70 bits per heavy atom. The fourth-order valence-corrected chi connectivity index (χ4v) is 3.59. The zero-order chi connectivity index (χ0) is 16.6. The fraction of sp³-hybridized carbons (Fsp3) is 0.312. The van der Waals surface area contributed by atoms with Crippen LogP contribution in [-0.2, 0) is 11.8 Å². The average Bonchev–Trinajstić information content (AvgIpc) is 2.52. The van der Waals surface area contributed by atoms with Gasteiger partial charge in [-0.1, -0.05) is 42.4 Å². The summed E-state index contributed by atoms with van der Waals surface area (Å²) in [4.78, 5) is 28.9. The first-order chi connectivity index (χ1) is 11.0. The van der Waals surface area contributed by atoms with E-state index in [0.717, 1.165) is 11.3 Å². The van der Waals surface area contributed by atoms with E-state index in [0.29, 0.717) is 21.6 Å². The number of hydrogen-bond acceptors (Lipinski definition) is 4. The largest absolute Gasteiger partial charge is 0.312 e. The second-order valence-electron chi connectivity index (χ2n) is 5.31. The van der Waals surface area contributed by atoms with Gasteiger partial charge in [0.2, 0.25) is 5.91 Å². The Labute approximate surface area is 143 Å². The molecule has 120 valence electrons. The molecule has 1 aromatic heterocycles. The Balaban J connectivity index is 2.18. The van der Waals surface area contributed by atoms with Gasteiger partial charge in [0, 0.05) is 24.4 Å². The van der Waals surface area contributed by atoms with Crippen molar-refractivity contribution in [2.75, 3.05) is 11.1 Å². The van der Waals surface area contributed by atoms with Crippen molar-refractivity contribution in [3.8, 4) is 0 Å². The fourth-order valence-electron chi connectivity index (χ4n) is 2.77. The molecule has 1 amide bonds. The molecule has 0 unspecified atom stereocenters. The lowest BCUT2D eigenvalue weighted by atomic mass is 9.87. The second-order valence-corrected chi connectivity index (χ2v) is 6.98. The number of fused-ring (bicyclic) bond motifs is 1. The van der Waals surface area contributed by atoms with E-state index < -0.39 is 0 Å². The van der Waals surface area contributed by atoms with Crippen molar-refractivity contribution in [1.29, 1.82) is 0 Å². The Morgan fingerprint density at radius 2 is 2.04 bits per heavy atom. The summed E-state index contributed by atoms with van der Waals surface area (Å²) in [5, 5.41) is 4.05. The summed E-state index contributed by atoms with van der Waals surface area (Å²) in [6.45, 7) is 1.99. The highest BCUT2D eigenvalue weighted by Crippen LogP contribution is 2.35. The molecule has 23 heavy (non-hydrogen) atoms. The Hall–Kier alpha value is -1.79. The molecule has 1 aromatic carbocycles. The first-order valence-corrected chi connectivity index (χ1v) is 8.66. The molecule has 0 aliphatic carbocycles. The molecule has 1 N–H and O–H groups in total. The summed E-state index contributed by atoms with van der Waals surface area (Å²) in [5.74, 6) is 0.930. The summed E-state index contributed by atoms with van der Waals surface area (Å²) < 4.78 is 1.78. The van der Waals surface area contributed by atoms with E-state index in [9.17, 15) is 9.59 Å². The smallest absolute Gasteiger partial charge is 0.279 e. The highest BCUT2D eigenvalue weighted by Gasteiger charge is 2.31. The third kappa shape index (κ3) is 3.01. The summed E-state index contributed by atoms with van der Waals surface area (Å²) in [7, 11) is 1.81. The first kappa shape index (κ1) is 16.1. The van der Waals surface area contributed by atoms with Gasteiger partial charge in [-0.15, -0.1) is 0 Å². The van der Waals surface area contributed by atoms with Crippen LogP contribution in [0.1, 0.15) is 30.4 Å². The lowest BCUT2D eigenvalue weighted by molar-refractivity contribution is -0.116. The van der Waals surface area contributed by atoms with E-state index in [-0.39, 0.29) is 23.8 Å². The van der Waals surface area contributed by atoms with Crippen molar-refractivity contribution in [3.63, 3.8) is 0 Å². The predicted octanol–water partition coefficient (Wildman–Crippen LogP) is 3.02. The molecule has 0 bridgehead atoms. The number of amides is 1. The van der Waals surface area contributed by atoms with Crippen LogP contribution in [0.2, 0.25) is 5.02 Å². The van der Waals surface area contributed by atoms with Crippen molar-refractivity contribution < 1.29 is 4.79 Å². The number of thioether (sulfide) groups is 1. The number of carbonyl (C=O) groups is 1. The van der Waals surface area contributed by atoms with Gasteiger partial charge in [-0.25, -0.2) is 0 Å². The number of hydrogen-bond donors (Lipinski definition) is 1. The maximum absolute atomic E-state index is 12.6. The zero-order valence-corrected chi connectivity index (χ0v) is 14.4. The number of nitrogens with zero attached hydrogens (tertiary/aromatic N) is 2. The minimum absolute atomic E-state index is 0.105. The minimum Gasteiger partial charge on any atom is -0.312 e. The molecule has 0 spiro atoms. The molecule has 0 radical (unpaired) electrons. The summed E-state index contributed by atoms with van der Waals surface area (Å²) in [5.41, 5.74) is 1.14. The van der Waals surface area contributed by atoms with Crippen LogP contribution in [0.4, 0.5) is 5.82 Å². The quantitative estimate of drug-likeness (QED) is 0.683. The molecule has 7 heteroatoms. The molecule has 0 saturated heterocycles. The van der Waals surface area contributed by atoms with E-state index in [1.54, 1.807) is 16.7 Å². The molecule has 1 aliphatic rings. The van der Waals surface area contributed by atoms with Crippen LogP contribution in [0, 0.1) is 0 Å². The molecule has 1 aliphatic heterocycles. The second kappa shape index (κ2) is 6.37. The monoisotopic (exact) mass is 349 g/mol. The van der Waals surface area contributed by atoms with Gasteiger partial charge < -0.3 is 9.88 Å². The van der Waals surface area contributed by atoms with Crippen LogP contribution in [0.15, 0.2) is 34.2 Å². The van der Waals surface area contributed by atoms with Crippen LogP contribution >= 0.6 is 23.4 Å². The summed E-state index contributed by atoms with van der Waals surface area (Å²) in [6.07, 6.45) is 0.228. The van der Waals surface area contributed by atoms with Gasteiger partial charge in [0.1, 0.15) is 5.82 Å². The van der Waals surface area contributed by atoms with Crippen LogP contribution in [-0.4, -0.2) is 21.2 Å². The number of carbonyl (C=O) groups excluding carboxylic acids is 1. The number of nitrogens with one attached hydrogen (secondary N) is 1. The van der Waals surface area contributed by atoms with Crippen molar-refractivity contribution >= 4 is 35.1 Å². The minimum atomic E-state index is -0.303. The van der Waals surface area contributed by atoms with Crippen LogP contribution in [0.5, 0.6) is 0 Å². The van der Waals surface area contributed by atoms with Gasteiger partial charge in [-0.3, -0.25) is 9.59 Å². The maximum Gasteiger partial charge on any atom is 0.279 e. The van der Waals surface area contributed by atoms with Crippen molar-refractivity contribution in [3.05, 3.63) is 50.8 Å². The Bertz CT molecular complexity index is 817. The highest BCUT2D eigenvalue weighted by molar-refractivity contribution is 7.99. The van der Waals surface area contributed by atoms with Gasteiger partial charge >= 0.3 is 0 Å². The van der Waals surface area contributed by atoms with Crippen molar-refractivity contribution in [2.45, 2.75) is 24.4 Å². The van der Waals surface area contributed by atoms with E-state index in [2.05, 4.69) is 10.3 Å².